The van der Waals surface area contributed by atoms with Gasteiger partial charge < -0.3 is 10.6 Å². The van der Waals surface area contributed by atoms with Crippen LogP contribution in [-0.2, 0) is 17.9 Å². The SMILES string of the molecule is CC(=O)N1Cc2ccc(N)c(C#N)c2C1. The Bertz CT molecular complexity index is 473. The Hall–Kier alpha value is -2.02. The van der Waals surface area contributed by atoms with Gasteiger partial charge in [-0.25, -0.2) is 0 Å². The van der Waals surface area contributed by atoms with E-state index >= 15 is 0 Å². The number of nitriles is 1. The molecule has 1 aliphatic rings. The van der Waals surface area contributed by atoms with E-state index < -0.39 is 0 Å². The van der Waals surface area contributed by atoms with Gasteiger partial charge in [-0.15, -0.1) is 0 Å². The van der Waals surface area contributed by atoms with Crippen molar-refractivity contribution in [2.24, 2.45) is 0 Å². The maximum Gasteiger partial charge on any atom is 0.220 e. The van der Waals surface area contributed by atoms with Crippen LogP contribution in [0.3, 0.4) is 0 Å². The molecule has 2 rings (SSSR count). The molecule has 0 bridgehead atoms. The normalized spacial score (nSPS) is 13.5. The van der Waals surface area contributed by atoms with Crippen LogP contribution in [0.5, 0.6) is 0 Å². The highest BCUT2D eigenvalue weighted by molar-refractivity contribution is 5.75. The Kier molecular flexibility index (Phi) is 2.09. The number of anilines is 1. The molecule has 1 aromatic rings. The summed E-state index contributed by atoms with van der Waals surface area (Å²) in [7, 11) is 0. The lowest BCUT2D eigenvalue weighted by molar-refractivity contribution is -0.129. The topological polar surface area (TPSA) is 70.1 Å². The lowest BCUT2D eigenvalue weighted by atomic mass is 10.0. The summed E-state index contributed by atoms with van der Waals surface area (Å²) in [6.07, 6.45) is 0. The molecule has 4 heteroatoms. The Labute approximate surface area is 87.9 Å². The molecule has 2 N–H and O–H groups in total. The number of nitrogen functional groups attached to an aromatic ring is 1. The molecule has 1 aromatic carbocycles. The molecule has 0 unspecified atom stereocenters. The number of nitrogens with zero attached hydrogens (tertiary/aromatic N) is 2. The molecule has 4 nitrogen and oxygen atoms in total. The van der Waals surface area contributed by atoms with Crippen molar-refractivity contribution in [3.05, 3.63) is 28.8 Å². The monoisotopic (exact) mass is 201 g/mol. The first-order valence-corrected chi connectivity index (χ1v) is 4.69. The lowest BCUT2D eigenvalue weighted by Crippen LogP contribution is -2.21. The van der Waals surface area contributed by atoms with Gasteiger partial charge in [0, 0.05) is 25.7 Å². The number of fused-ring (bicyclic) bond motifs is 1. The Morgan fingerprint density at radius 2 is 2.27 bits per heavy atom. The zero-order chi connectivity index (χ0) is 11.0. The molecule has 1 aliphatic heterocycles. The number of amides is 1. The van der Waals surface area contributed by atoms with Gasteiger partial charge in [0.15, 0.2) is 0 Å². The minimum Gasteiger partial charge on any atom is -0.398 e. The van der Waals surface area contributed by atoms with E-state index in [1.165, 1.54) is 6.92 Å². The number of rotatable bonds is 0. The van der Waals surface area contributed by atoms with Crippen LogP contribution in [0.2, 0.25) is 0 Å². The van der Waals surface area contributed by atoms with Crippen LogP contribution in [-0.4, -0.2) is 10.8 Å². The van der Waals surface area contributed by atoms with Crippen molar-refractivity contribution >= 4 is 11.6 Å². The van der Waals surface area contributed by atoms with Crippen molar-refractivity contribution < 1.29 is 4.79 Å². The summed E-state index contributed by atoms with van der Waals surface area (Å²) < 4.78 is 0. The fourth-order valence-corrected chi connectivity index (χ4v) is 1.84. The van der Waals surface area contributed by atoms with E-state index in [-0.39, 0.29) is 5.91 Å². The maximum atomic E-state index is 11.2. The second-order valence-electron chi connectivity index (χ2n) is 3.65. The summed E-state index contributed by atoms with van der Waals surface area (Å²) in [5.74, 6) is 0.0219. The second kappa shape index (κ2) is 3.28. The minimum absolute atomic E-state index is 0.0219. The fraction of sp³-hybridized carbons (Fsp3) is 0.273. The quantitative estimate of drug-likeness (QED) is 0.636. The number of carbonyl (C=O) groups is 1. The first-order chi connectivity index (χ1) is 7.13. The highest BCUT2D eigenvalue weighted by atomic mass is 16.2. The molecule has 0 aromatic heterocycles. The Morgan fingerprint density at radius 1 is 1.53 bits per heavy atom. The summed E-state index contributed by atoms with van der Waals surface area (Å²) in [4.78, 5) is 12.9. The van der Waals surface area contributed by atoms with Crippen LogP contribution < -0.4 is 5.73 Å². The molecule has 0 spiro atoms. The summed E-state index contributed by atoms with van der Waals surface area (Å²) >= 11 is 0. The van der Waals surface area contributed by atoms with Gasteiger partial charge in [-0.2, -0.15) is 5.26 Å². The number of carbonyl (C=O) groups excluding carboxylic acids is 1. The standard InChI is InChI=1S/C11H11N3O/c1-7(15)14-5-8-2-3-11(13)9(4-12)10(8)6-14/h2-3H,5-6,13H2,1H3. The predicted molar refractivity (Wildman–Crippen MR) is 55.5 cm³/mol. The van der Waals surface area contributed by atoms with Crippen molar-refractivity contribution in [2.75, 3.05) is 5.73 Å². The van der Waals surface area contributed by atoms with Crippen molar-refractivity contribution in [1.29, 1.82) is 5.26 Å². The highest BCUT2D eigenvalue weighted by Gasteiger charge is 2.24. The van der Waals surface area contributed by atoms with E-state index in [2.05, 4.69) is 6.07 Å². The van der Waals surface area contributed by atoms with Crippen LogP contribution in [0, 0.1) is 11.3 Å². The molecule has 0 saturated carbocycles. The van der Waals surface area contributed by atoms with Gasteiger partial charge in [0.2, 0.25) is 5.91 Å². The third-order valence-electron chi connectivity index (χ3n) is 2.71. The van der Waals surface area contributed by atoms with Crippen molar-refractivity contribution in [1.82, 2.24) is 4.90 Å². The number of benzene rings is 1. The number of nitrogens with two attached hydrogens (primary N) is 1. The van der Waals surface area contributed by atoms with Gasteiger partial charge in [-0.05, 0) is 17.2 Å². The fourth-order valence-electron chi connectivity index (χ4n) is 1.84. The van der Waals surface area contributed by atoms with E-state index in [1.54, 1.807) is 11.0 Å². The minimum atomic E-state index is 0.0219. The molecule has 0 radical (unpaired) electrons. The molecule has 1 heterocycles. The zero-order valence-corrected chi connectivity index (χ0v) is 8.45. The first kappa shape index (κ1) is 9.53. The van der Waals surface area contributed by atoms with E-state index in [1.807, 2.05) is 6.07 Å². The van der Waals surface area contributed by atoms with E-state index in [0.717, 1.165) is 11.1 Å². The van der Waals surface area contributed by atoms with Gasteiger partial charge in [0.05, 0.1) is 5.56 Å². The van der Waals surface area contributed by atoms with Crippen LogP contribution in [0.4, 0.5) is 5.69 Å². The highest BCUT2D eigenvalue weighted by Crippen LogP contribution is 2.28. The van der Waals surface area contributed by atoms with Crippen molar-refractivity contribution in [3.63, 3.8) is 0 Å². The maximum absolute atomic E-state index is 11.2. The third-order valence-corrected chi connectivity index (χ3v) is 2.71. The summed E-state index contributed by atoms with van der Waals surface area (Å²) in [5, 5.41) is 8.97. The summed E-state index contributed by atoms with van der Waals surface area (Å²) in [6, 6.07) is 5.70. The third kappa shape index (κ3) is 1.42. The van der Waals surface area contributed by atoms with Crippen LogP contribution in [0.15, 0.2) is 12.1 Å². The molecule has 0 aliphatic carbocycles. The van der Waals surface area contributed by atoms with Crippen LogP contribution >= 0.6 is 0 Å². The molecule has 0 saturated heterocycles. The van der Waals surface area contributed by atoms with Gasteiger partial charge in [-0.3, -0.25) is 4.79 Å². The molecule has 0 atom stereocenters. The molecular formula is C11H11N3O. The molecule has 76 valence electrons. The largest absolute Gasteiger partial charge is 0.398 e. The predicted octanol–water partition coefficient (Wildman–Crippen LogP) is 1.00. The zero-order valence-electron chi connectivity index (χ0n) is 8.45. The van der Waals surface area contributed by atoms with Gasteiger partial charge >= 0.3 is 0 Å². The van der Waals surface area contributed by atoms with Gasteiger partial charge in [0.1, 0.15) is 6.07 Å². The summed E-state index contributed by atoms with van der Waals surface area (Å²) in [5.41, 5.74) is 8.62. The summed E-state index contributed by atoms with van der Waals surface area (Å²) in [6.45, 7) is 2.61. The lowest BCUT2D eigenvalue weighted by Gasteiger charge is -2.11. The molecule has 1 amide bonds. The number of hydrogen-bond donors (Lipinski definition) is 1. The Balaban J connectivity index is 2.47. The molecule has 15 heavy (non-hydrogen) atoms. The van der Waals surface area contributed by atoms with Crippen LogP contribution in [0.1, 0.15) is 23.6 Å². The molecule has 0 fully saturated rings. The molecular weight excluding hydrogens is 190 g/mol. The van der Waals surface area contributed by atoms with Crippen LogP contribution in [0.25, 0.3) is 0 Å². The number of hydrogen-bond acceptors (Lipinski definition) is 3. The second-order valence-corrected chi connectivity index (χ2v) is 3.65. The van der Waals surface area contributed by atoms with E-state index in [4.69, 9.17) is 11.0 Å². The van der Waals surface area contributed by atoms with E-state index in [0.29, 0.717) is 24.3 Å². The average Bonchev–Trinajstić information content (AvgIpc) is 2.61. The average molecular weight is 201 g/mol. The first-order valence-electron chi connectivity index (χ1n) is 4.69. The smallest absolute Gasteiger partial charge is 0.220 e. The van der Waals surface area contributed by atoms with Gasteiger partial charge in [0.25, 0.3) is 0 Å². The van der Waals surface area contributed by atoms with Crippen molar-refractivity contribution in [2.45, 2.75) is 20.0 Å². The van der Waals surface area contributed by atoms with Crippen molar-refractivity contribution in [3.8, 4) is 6.07 Å². The van der Waals surface area contributed by atoms with E-state index in [9.17, 15) is 4.79 Å². The Morgan fingerprint density at radius 3 is 2.87 bits per heavy atom. The van der Waals surface area contributed by atoms with Gasteiger partial charge in [-0.1, -0.05) is 6.07 Å².